The Kier molecular flexibility index (Phi) is 6.20. The van der Waals surface area contributed by atoms with Crippen molar-refractivity contribution in [3.63, 3.8) is 0 Å². The van der Waals surface area contributed by atoms with Gasteiger partial charge in [0.2, 0.25) is 0 Å². The average Bonchev–Trinajstić information content (AvgIpc) is 3.25. The predicted molar refractivity (Wildman–Crippen MR) is 144 cm³/mol. The molecule has 2 aliphatic heterocycles. The van der Waals surface area contributed by atoms with E-state index in [0.29, 0.717) is 29.5 Å². The average molecular weight is 630 g/mol. The van der Waals surface area contributed by atoms with Gasteiger partial charge in [-0.25, -0.2) is 0 Å². The summed E-state index contributed by atoms with van der Waals surface area (Å²) in [5.41, 5.74) is -0.413. The molecule has 202 valence electrons. The molecule has 2 saturated heterocycles. The van der Waals surface area contributed by atoms with E-state index in [0.717, 1.165) is 58.0 Å². The Morgan fingerprint density at radius 1 is 1.06 bits per heavy atom. The number of carbonyl (C=O) groups excluding carboxylic acids is 2. The molecule has 0 radical (unpaired) electrons. The fourth-order valence-corrected chi connectivity index (χ4v) is 13.0. The molecule has 4 aliphatic carbocycles. The van der Waals surface area contributed by atoms with E-state index in [1.54, 1.807) is 0 Å². The number of ketones is 1. The first kappa shape index (κ1) is 26.3. The Bertz CT molecular complexity index is 944. The summed E-state index contributed by atoms with van der Waals surface area (Å²) in [4.78, 5) is 26.3. The maximum atomic E-state index is 14.7. The Morgan fingerprint density at radius 3 is 2.47 bits per heavy atom. The maximum Gasteiger partial charge on any atom is 0.302 e. The zero-order valence-electron chi connectivity index (χ0n) is 22.4. The minimum atomic E-state index is -0.746. The summed E-state index contributed by atoms with van der Waals surface area (Å²) in [6.45, 7) is 11.5. The zero-order valence-corrected chi connectivity index (χ0v) is 25.5. The second-order valence-corrected chi connectivity index (χ2v) is 17.3. The van der Waals surface area contributed by atoms with Gasteiger partial charge in [0, 0.05) is 30.6 Å². The molecule has 0 aromatic rings. The molecule has 6 aliphatic rings. The third-order valence-corrected chi connectivity index (χ3v) is 13.7. The molecule has 7 heteroatoms. The molecule has 36 heavy (non-hydrogen) atoms. The first-order chi connectivity index (χ1) is 16.8. The highest BCUT2D eigenvalue weighted by Crippen LogP contribution is 2.74. The van der Waals surface area contributed by atoms with Crippen molar-refractivity contribution in [1.82, 2.24) is 0 Å². The Balaban J connectivity index is 1.32. The van der Waals surface area contributed by atoms with Gasteiger partial charge in [-0.15, -0.1) is 0 Å². The first-order valence-electron chi connectivity index (χ1n) is 14.3. The molecule has 0 aromatic heterocycles. The molecule has 6 rings (SSSR count). The minimum Gasteiger partial charge on any atom is -0.463 e. The molecule has 1 spiro atoms. The number of esters is 1. The van der Waals surface area contributed by atoms with E-state index in [1.807, 2.05) is 0 Å². The van der Waals surface area contributed by atoms with Crippen LogP contribution >= 0.6 is 31.9 Å². The molecule has 4 saturated carbocycles. The van der Waals surface area contributed by atoms with Gasteiger partial charge in [-0.1, -0.05) is 59.6 Å². The van der Waals surface area contributed by atoms with Crippen LogP contribution in [0.5, 0.6) is 0 Å². The van der Waals surface area contributed by atoms with E-state index in [1.165, 1.54) is 6.92 Å². The van der Waals surface area contributed by atoms with Crippen molar-refractivity contribution in [3.8, 4) is 0 Å². The number of carbonyl (C=O) groups is 2. The van der Waals surface area contributed by atoms with Crippen LogP contribution in [0.1, 0.15) is 86.0 Å². The minimum absolute atomic E-state index is 0.0104. The molecule has 6 fully saturated rings. The number of hydrogen-bond donors (Lipinski definition) is 0. The lowest BCUT2D eigenvalue weighted by atomic mass is 9.44. The summed E-state index contributed by atoms with van der Waals surface area (Å²) in [5, 5.41) is 0. The molecule has 0 bridgehead atoms. The molecule has 12 atom stereocenters. The van der Waals surface area contributed by atoms with Crippen LogP contribution in [-0.2, 0) is 23.8 Å². The molecule has 0 amide bonds. The number of rotatable bonds is 1. The predicted octanol–water partition coefficient (Wildman–Crippen LogP) is 6.64. The van der Waals surface area contributed by atoms with Gasteiger partial charge < -0.3 is 14.2 Å². The highest BCUT2D eigenvalue weighted by Gasteiger charge is 2.76. The van der Waals surface area contributed by atoms with Crippen LogP contribution in [0.15, 0.2) is 0 Å². The van der Waals surface area contributed by atoms with E-state index in [4.69, 9.17) is 14.2 Å². The molecule has 2 heterocycles. The lowest BCUT2D eigenvalue weighted by molar-refractivity contribution is -0.272. The van der Waals surface area contributed by atoms with Crippen LogP contribution in [0.2, 0.25) is 0 Å². The lowest BCUT2D eigenvalue weighted by Crippen LogP contribution is -2.66. The third kappa shape index (κ3) is 3.43. The van der Waals surface area contributed by atoms with E-state index < -0.39 is 14.4 Å². The molecule has 0 aromatic carbocycles. The third-order valence-electron chi connectivity index (χ3n) is 12.0. The standard InChI is InChI=1S/C29H42Br2O5/c1-15-8-11-28(34-14-15)16(2)23-22(36-28)13-21-20-7-6-18-12-19(35-17(3)32)9-10-26(18,4)24(20)29(30,31)25(33)27(21,23)5/h15-16,18-24H,6-14H2,1-5H3/t15-,16-,18-,19-,20-,21-,22+,23-,24-,26-,27-,28+/m0/s1. The Labute approximate surface area is 232 Å². The number of hydrogen-bond acceptors (Lipinski definition) is 5. The van der Waals surface area contributed by atoms with Crippen LogP contribution in [0.3, 0.4) is 0 Å². The van der Waals surface area contributed by atoms with Crippen molar-refractivity contribution < 1.29 is 23.8 Å². The quantitative estimate of drug-likeness (QED) is 0.240. The molecular formula is C29H42Br2O5. The fourth-order valence-electron chi connectivity index (χ4n) is 10.4. The van der Waals surface area contributed by atoms with E-state index in [9.17, 15) is 9.59 Å². The molecule has 5 nitrogen and oxygen atoms in total. The van der Waals surface area contributed by atoms with Gasteiger partial charge >= 0.3 is 5.97 Å². The smallest absolute Gasteiger partial charge is 0.302 e. The van der Waals surface area contributed by atoms with Gasteiger partial charge in [0.05, 0.1) is 12.7 Å². The second-order valence-electron chi connectivity index (χ2n) is 13.7. The van der Waals surface area contributed by atoms with Crippen molar-refractivity contribution in [2.24, 2.45) is 52.3 Å². The Hall–Kier alpha value is 0.0200. The summed E-state index contributed by atoms with van der Waals surface area (Å²) in [5.74, 6) is 2.03. The molecule has 0 N–H and O–H groups in total. The van der Waals surface area contributed by atoms with E-state index in [-0.39, 0.29) is 41.3 Å². The van der Waals surface area contributed by atoms with Crippen LogP contribution in [0.4, 0.5) is 0 Å². The van der Waals surface area contributed by atoms with Crippen molar-refractivity contribution in [3.05, 3.63) is 0 Å². The molecular weight excluding hydrogens is 588 g/mol. The number of alkyl halides is 2. The number of fused-ring (bicyclic) bond motifs is 7. The summed E-state index contributed by atoms with van der Waals surface area (Å²) >= 11 is 8.09. The largest absolute Gasteiger partial charge is 0.463 e. The highest BCUT2D eigenvalue weighted by molar-refractivity contribution is 9.26. The topological polar surface area (TPSA) is 61.8 Å². The zero-order chi connectivity index (χ0) is 25.8. The van der Waals surface area contributed by atoms with Crippen LogP contribution in [-0.4, -0.2) is 39.6 Å². The van der Waals surface area contributed by atoms with Crippen LogP contribution in [0, 0.1) is 52.3 Å². The fraction of sp³-hybridized carbons (Fsp3) is 0.931. The van der Waals surface area contributed by atoms with Gasteiger partial charge in [0.15, 0.2) is 11.6 Å². The molecule has 0 unspecified atom stereocenters. The monoisotopic (exact) mass is 628 g/mol. The first-order valence-corrected chi connectivity index (χ1v) is 15.8. The van der Waals surface area contributed by atoms with Crippen molar-refractivity contribution in [2.75, 3.05) is 6.61 Å². The SMILES string of the molecule is CC(=O)O[C@H]1CC[C@@]2(C)[C@@H](CC[C@@H]3[C@@H]2C(Br)(Br)C(=O)[C@]2(C)[C@@H]4[C@@H](C[C@@H]32)O[C@]2(CC[C@H](C)CO2)[C@H]4C)C1. The summed E-state index contributed by atoms with van der Waals surface area (Å²) < 4.78 is 18.2. The maximum absolute atomic E-state index is 14.7. The van der Waals surface area contributed by atoms with Crippen molar-refractivity contribution in [1.29, 1.82) is 0 Å². The lowest BCUT2D eigenvalue weighted by Gasteiger charge is -2.64. The van der Waals surface area contributed by atoms with Gasteiger partial charge in [0.25, 0.3) is 0 Å². The van der Waals surface area contributed by atoms with E-state index >= 15 is 0 Å². The normalized spacial score (nSPS) is 55.4. The van der Waals surface area contributed by atoms with Gasteiger partial charge in [-0.3, -0.25) is 9.59 Å². The number of Topliss-reactive ketones (excluding diaryl/α,β-unsaturated/α-hetero) is 1. The highest BCUT2D eigenvalue weighted by atomic mass is 79.9. The van der Waals surface area contributed by atoms with Crippen molar-refractivity contribution >= 4 is 43.6 Å². The number of halogens is 2. The second kappa shape index (κ2) is 8.51. The van der Waals surface area contributed by atoms with Gasteiger partial charge in [-0.2, -0.15) is 0 Å². The van der Waals surface area contributed by atoms with Crippen LogP contribution in [0.25, 0.3) is 0 Å². The van der Waals surface area contributed by atoms with Gasteiger partial charge in [-0.05, 0) is 80.0 Å². The summed E-state index contributed by atoms with van der Waals surface area (Å²) in [7, 11) is 0. The summed E-state index contributed by atoms with van der Waals surface area (Å²) in [6.07, 6.45) is 8.16. The van der Waals surface area contributed by atoms with Gasteiger partial charge in [0.1, 0.15) is 9.34 Å². The number of ether oxygens (including phenoxy) is 3. The van der Waals surface area contributed by atoms with Crippen LogP contribution < -0.4 is 0 Å². The van der Waals surface area contributed by atoms with E-state index in [2.05, 4.69) is 59.6 Å². The Morgan fingerprint density at radius 2 is 1.81 bits per heavy atom. The summed E-state index contributed by atoms with van der Waals surface area (Å²) in [6, 6.07) is 0. The van der Waals surface area contributed by atoms with Crippen molar-refractivity contribution in [2.45, 2.75) is 107 Å².